The van der Waals surface area contributed by atoms with E-state index in [-0.39, 0.29) is 18.5 Å². The van der Waals surface area contributed by atoms with E-state index in [1.807, 2.05) is 6.92 Å². The molecule has 1 aromatic carbocycles. The molecule has 0 saturated heterocycles. The first kappa shape index (κ1) is 15.8. The number of likely N-dealkylation sites (N-methyl/N-ethyl adjacent to an activating group) is 1. The van der Waals surface area contributed by atoms with Crippen LogP contribution in [0.2, 0.25) is 0 Å². The molecule has 3 nitrogen and oxygen atoms in total. The number of rotatable bonds is 5. The van der Waals surface area contributed by atoms with E-state index >= 15 is 0 Å². The molecule has 0 radical (unpaired) electrons. The predicted octanol–water partition coefficient (Wildman–Crippen LogP) is 2.98. The highest BCUT2D eigenvalue weighted by Crippen LogP contribution is 2.30. The number of benzene rings is 1. The van der Waals surface area contributed by atoms with Gasteiger partial charge in [-0.1, -0.05) is 12.1 Å². The summed E-state index contributed by atoms with van der Waals surface area (Å²) in [5.74, 6) is 0.0104. The zero-order chi connectivity index (χ0) is 15.6. The molecule has 0 heterocycles. The summed E-state index contributed by atoms with van der Waals surface area (Å²) in [6.07, 6.45) is -2.22. The Morgan fingerprint density at radius 2 is 1.90 bits per heavy atom. The van der Waals surface area contributed by atoms with Gasteiger partial charge in [0.1, 0.15) is 0 Å². The van der Waals surface area contributed by atoms with Gasteiger partial charge in [0.05, 0.1) is 12.1 Å². The lowest BCUT2D eigenvalue weighted by Gasteiger charge is -2.19. The lowest BCUT2D eigenvalue weighted by Crippen LogP contribution is -2.37. The number of nitrogens with zero attached hydrogens (tertiary/aromatic N) is 1. The highest BCUT2D eigenvalue weighted by atomic mass is 19.4. The second-order valence-corrected chi connectivity index (χ2v) is 5.46. The van der Waals surface area contributed by atoms with Crippen molar-refractivity contribution in [1.82, 2.24) is 10.2 Å². The van der Waals surface area contributed by atoms with Crippen LogP contribution < -0.4 is 5.32 Å². The van der Waals surface area contributed by atoms with Crippen molar-refractivity contribution < 1.29 is 18.0 Å². The first-order valence-corrected chi connectivity index (χ1v) is 6.95. The van der Waals surface area contributed by atoms with Gasteiger partial charge in [-0.05, 0) is 37.5 Å². The third kappa shape index (κ3) is 4.20. The Balaban J connectivity index is 1.88. The third-order valence-electron chi connectivity index (χ3n) is 3.79. The van der Waals surface area contributed by atoms with Crippen molar-refractivity contribution in [2.45, 2.75) is 38.0 Å². The molecule has 1 aliphatic rings. The van der Waals surface area contributed by atoms with Gasteiger partial charge in [-0.3, -0.25) is 4.79 Å². The number of amides is 1. The Labute approximate surface area is 122 Å². The minimum atomic E-state index is -4.32. The minimum Gasteiger partial charge on any atom is -0.342 e. The number of hydrogen-bond donors (Lipinski definition) is 1. The maximum absolute atomic E-state index is 12.5. The molecule has 2 rings (SSSR count). The fraction of sp³-hybridized carbons (Fsp3) is 0.533. The maximum Gasteiger partial charge on any atom is 0.416 e. The Kier molecular flexibility index (Phi) is 4.56. The van der Waals surface area contributed by atoms with Gasteiger partial charge in [-0.25, -0.2) is 0 Å². The molecule has 0 spiro atoms. The van der Waals surface area contributed by atoms with E-state index in [9.17, 15) is 18.0 Å². The molecule has 1 atom stereocenters. The molecule has 1 fully saturated rings. The van der Waals surface area contributed by atoms with Gasteiger partial charge < -0.3 is 10.2 Å². The molecule has 0 unspecified atom stereocenters. The standard InChI is InChI=1S/C15H19F3N2O/c1-10(19-9-14(21)20(2)13-7-8-13)11-3-5-12(6-4-11)15(16,17)18/h3-6,10,13,19H,7-9H2,1-2H3/t10-/m0/s1. The first-order valence-electron chi connectivity index (χ1n) is 6.95. The molecule has 0 aliphatic heterocycles. The Morgan fingerprint density at radius 1 is 1.33 bits per heavy atom. The highest BCUT2D eigenvalue weighted by molar-refractivity contribution is 5.78. The second-order valence-electron chi connectivity index (χ2n) is 5.46. The van der Waals surface area contributed by atoms with Crippen molar-refractivity contribution in [3.63, 3.8) is 0 Å². The van der Waals surface area contributed by atoms with Crippen LogP contribution >= 0.6 is 0 Å². The Morgan fingerprint density at radius 3 is 2.38 bits per heavy atom. The monoisotopic (exact) mass is 300 g/mol. The average molecular weight is 300 g/mol. The van der Waals surface area contributed by atoms with Gasteiger partial charge in [0.15, 0.2) is 0 Å². The molecule has 1 N–H and O–H groups in total. The van der Waals surface area contributed by atoms with Gasteiger partial charge in [-0.15, -0.1) is 0 Å². The fourth-order valence-electron chi connectivity index (χ4n) is 2.11. The predicted molar refractivity (Wildman–Crippen MR) is 73.7 cm³/mol. The lowest BCUT2D eigenvalue weighted by atomic mass is 10.1. The van der Waals surface area contributed by atoms with Crippen molar-refractivity contribution in [3.8, 4) is 0 Å². The highest BCUT2D eigenvalue weighted by Gasteiger charge is 2.30. The molecule has 0 aromatic heterocycles. The van der Waals surface area contributed by atoms with Crippen LogP contribution in [0, 0.1) is 0 Å². The molecular weight excluding hydrogens is 281 g/mol. The quantitative estimate of drug-likeness (QED) is 0.906. The van der Waals surface area contributed by atoms with E-state index in [0.717, 1.165) is 30.5 Å². The molecule has 1 aliphatic carbocycles. The zero-order valence-electron chi connectivity index (χ0n) is 12.1. The number of nitrogens with one attached hydrogen (secondary N) is 1. The number of halogens is 3. The Bertz CT molecular complexity index is 495. The molecule has 1 amide bonds. The van der Waals surface area contributed by atoms with Crippen LogP contribution in [0.25, 0.3) is 0 Å². The van der Waals surface area contributed by atoms with E-state index in [2.05, 4.69) is 5.32 Å². The Hall–Kier alpha value is -1.56. The summed E-state index contributed by atoms with van der Waals surface area (Å²) in [5, 5.41) is 3.05. The van der Waals surface area contributed by atoms with E-state index in [1.165, 1.54) is 12.1 Å². The summed E-state index contributed by atoms with van der Waals surface area (Å²) in [6.45, 7) is 2.02. The molecule has 1 saturated carbocycles. The van der Waals surface area contributed by atoms with Crippen LogP contribution in [-0.4, -0.2) is 30.4 Å². The van der Waals surface area contributed by atoms with Gasteiger partial charge in [0.2, 0.25) is 5.91 Å². The normalized spacial score (nSPS) is 16.6. The summed E-state index contributed by atoms with van der Waals surface area (Å²) in [4.78, 5) is 13.6. The van der Waals surface area contributed by atoms with Crippen molar-refractivity contribution in [2.24, 2.45) is 0 Å². The third-order valence-corrected chi connectivity index (χ3v) is 3.79. The number of carbonyl (C=O) groups is 1. The molecule has 21 heavy (non-hydrogen) atoms. The molecule has 0 bridgehead atoms. The van der Waals surface area contributed by atoms with Crippen LogP contribution in [0.15, 0.2) is 24.3 Å². The topological polar surface area (TPSA) is 32.3 Å². The van der Waals surface area contributed by atoms with Crippen LogP contribution in [0.1, 0.15) is 36.9 Å². The van der Waals surface area contributed by atoms with Gasteiger partial charge in [-0.2, -0.15) is 13.2 Å². The van der Waals surface area contributed by atoms with Crippen molar-refractivity contribution in [2.75, 3.05) is 13.6 Å². The van der Waals surface area contributed by atoms with Crippen LogP contribution in [-0.2, 0) is 11.0 Å². The van der Waals surface area contributed by atoms with E-state index in [0.29, 0.717) is 6.04 Å². The van der Waals surface area contributed by atoms with Gasteiger partial charge in [0.25, 0.3) is 0 Å². The van der Waals surface area contributed by atoms with E-state index in [1.54, 1.807) is 11.9 Å². The van der Waals surface area contributed by atoms with Gasteiger partial charge >= 0.3 is 6.18 Å². The minimum absolute atomic E-state index is 0.0104. The van der Waals surface area contributed by atoms with Gasteiger partial charge in [0, 0.05) is 19.1 Å². The lowest BCUT2D eigenvalue weighted by molar-refractivity contribution is -0.137. The van der Waals surface area contributed by atoms with E-state index < -0.39 is 11.7 Å². The fourth-order valence-corrected chi connectivity index (χ4v) is 2.11. The largest absolute Gasteiger partial charge is 0.416 e. The van der Waals surface area contributed by atoms with Crippen molar-refractivity contribution >= 4 is 5.91 Å². The van der Waals surface area contributed by atoms with E-state index in [4.69, 9.17) is 0 Å². The maximum atomic E-state index is 12.5. The summed E-state index contributed by atoms with van der Waals surface area (Å²) in [6, 6.07) is 5.19. The van der Waals surface area contributed by atoms with Crippen LogP contribution in [0.4, 0.5) is 13.2 Å². The van der Waals surface area contributed by atoms with Crippen LogP contribution in [0.5, 0.6) is 0 Å². The second kappa shape index (κ2) is 6.05. The molecule has 6 heteroatoms. The zero-order valence-corrected chi connectivity index (χ0v) is 12.1. The van der Waals surface area contributed by atoms with Crippen molar-refractivity contribution in [1.29, 1.82) is 0 Å². The SMILES string of the molecule is C[C@H](NCC(=O)N(C)C1CC1)c1ccc(C(F)(F)F)cc1. The summed E-state index contributed by atoms with van der Waals surface area (Å²) in [7, 11) is 1.78. The van der Waals surface area contributed by atoms with Crippen LogP contribution in [0.3, 0.4) is 0 Å². The summed E-state index contributed by atoms with van der Waals surface area (Å²) in [5.41, 5.74) is 0.0628. The number of carbonyl (C=O) groups excluding carboxylic acids is 1. The smallest absolute Gasteiger partial charge is 0.342 e. The van der Waals surface area contributed by atoms with Crippen molar-refractivity contribution in [3.05, 3.63) is 35.4 Å². The summed E-state index contributed by atoms with van der Waals surface area (Å²) < 4.78 is 37.4. The molecule has 1 aromatic rings. The molecular formula is C15H19F3N2O. The summed E-state index contributed by atoms with van der Waals surface area (Å²) >= 11 is 0. The average Bonchev–Trinajstić information content (AvgIpc) is 3.27. The molecule has 116 valence electrons. The number of hydrogen-bond acceptors (Lipinski definition) is 2. The number of alkyl halides is 3. The first-order chi connectivity index (χ1) is 9.79.